The third-order valence-corrected chi connectivity index (χ3v) is 4.25. The van der Waals surface area contributed by atoms with E-state index in [0.29, 0.717) is 0 Å². The average Bonchev–Trinajstić information content (AvgIpc) is 3.09. The van der Waals surface area contributed by atoms with Crippen LogP contribution in [0.15, 0.2) is 36.8 Å². The lowest BCUT2D eigenvalue weighted by atomic mass is 10.3. The first-order valence-corrected chi connectivity index (χ1v) is 8.34. The number of nitrogens with zero attached hydrogens (tertiary/aromatic N) is 8. The molecule has 1 saturated heterocycles. The van der Waals surface area contributed by atoms with Crippen molar-refractivity contribution in [3.63, 3.8) is 0 Å². The van der Waals surface area contributed by atoms with Gasteiger partial charge in [-0.25, -0.2) is 14.6 Å². The molecule has 128 valence electrons. The second-order valence-corrected chi connectivity index (χ2v) is 6.19. The van der Waals surface area contributed by atoms with Crippen molar-refractivity contribution < 1.29 is 0 Å². The zero-order valence-corrected chi connectivity index (χ0v) is 14.4. The topological polar surface area (TPSA) is 75.9 Å². The summed E-state index contributed by atoms with van der Waals surface area (Å²) in [5.41, 5.74) is 2.03. The van der Waals surface area contributed by atoms with Gasteiger partial charge in [0.25, 0.3) is 0 Å². The van der Waals surface area contributed by atoms with Crippen LogP contribution in [0, 0.1) is 13.8 Å². The van der Waals surface area contributed by atoms with Crippen LogP contribution in [-0.4, -0.2) is 56.1 Å². The lowest BCUT2D eigenvalue weighted by molar-refractivity contribution is 0.630. The van der Waals surface area contributed by atoms with Crippen molar-refractivity contribution in [3.8, 4) is 5.82 Å². The number of hydrogen-bond donors (Lipinski definition) is 0. The second-order valence-electron chi connectivity index (χ2n) is 6.19. The van der Waals surface area contributed by atoms with Gasteiger partial charge in [-0.05, 0) is 37.6 Å². The van der Waals surface area contributed by atoms with E-state index in [0.717, 1.165) is 55.0 Å². The van der Waals surface area contributed by atoms with E-state index in [9.17, 15) is 0 Å². The van der Waals surface area contributed by atoms with Crippen LogP contribution in [0.2, 0.25) is 0 Å². The number of hydrogen-bond acceptors (Lipinski definition) is 7. The van der Waals surface area contributed by atoms with E-state index in [1.807, 2.05) is 50.6 Å². The summed E-state index contributed by atoms with van der Waals surface area (Å²) in [6, 6.07) is 5.89. The molecule has 0 amide bonds. The highest BCUT2D eigenvalue weighted by molar-refractivity contribution is 5.43. The molecule has 3 aromatic rings. The highest BCUT2D eigenvalue weighted by Crippen LogP contribution is 2.16. The van der Waals surface area contributed by atoms with Crippen LogP contribution in [-0.2, 0) is 0 Å². The summed E-state index contributed by atoms with van der Waals surface area (Å²) < 4.78 is 1.73. The molecular weight excluding hydrogens is 316 g/mol. The first-order valence-electron chi connectivity index (χ1n) is 8.34. The van der Waals surface area contributed by atoms with Crippen LogP contribution >= 0.6 is 0 Å². The summed E-state index contributed by atoms with van der Waals surface area (Å²) in [6.07, 6.45) is 5.60. The molecule has 0 radical (unpaired) electrons. The molecule has 4 rings (SSSR count). The third-order valence-electron chi connectivity index (χ3n) is 4.25. The minimum absolute atomic E-state index is 0.726. The van der Waals surface area contributed by atoms with Gasteiger partial charge < -0.3 is 9.80 Å². The average molecular weight is 336 g/mol. The lowest BCUT2D eigenvalue weighted by Gasteiger charge is -2.35. The standard InChI is InChI=1S/C17H20N8/c1-13-11-18-17(19-12-13)24-9-7-23(8-10-24)15-3-4-16(21-20-15)25-6-5-14(2)22-25/h3-6,11-12H,7-10H2,1-2H3. The van der Waals surface area contributed by atoms with Gasteiger partial charge in [-0.2, -0.15) is 5.10 Å². The van der Waals surface area contributed by atoms with Crippen LogP contribution in [0.4, 0.5) is 11.8 Å². The van der Waals surface area contributed by atoms with E-state index < -0.39 is 0 Å². The lowest BCUT2D eigenvalue weighted by Crippen LogP contribution is -2.47. The molecule has 0 N–H and O–H groups in total. The predicted octanol–water partition coefficient (Wildman–Crippen LogP) is 1.40. The number of anilines is 2. The van der Waals surface area contributed by atoms with Gasteiger partial charge in [0.1, 0.15) is 0 Å². The second kappa shape index (κ2) is 6.46. The Bertz CT molecular complexity index is 832. The Morgan fingerprint density at radius 2 is 1.44 bits per heavy atom. The van der Waals surface area contributed by atoms with Gasteiger partial charge in [-0.3, -0.25) is 0 Å². The zero-order chi connectivity index (χ0) is 17.2. The summed E-state index contributed by atoms with van der Waals surface area (Å²) in [7, 11) is 0. The quantitative estimate of drug-likeness (QED) is 0.715. The van der Waals surface area contributed by atoms with Gasteiger partial charge in [0.05, 0.1) is 5.69 Å². The van der Waals surface area contributed by atoms with Gasteiger partial charge >= 0.3 is 0 Å². The van der Waals surface area contributed by atoms with Crippen LogP contribution in [0.5, 0.6) is 0 Å². The SMILES string of the molecule is Cc1cnc(N2CCN(c3ccc(-n4ccc(C)n4)nn3)CC2)nc1. The highest BCUT2D eigenvalue weighted by Gasteiger charge is 2.20. The van der Waals surface area contributed by atoms with Crippen molar-refractivity contribution in [1.82, 2.24) is 29.9 Å². The maximum Gasteiger partial charge on any atom is 0.225 e. The molecule has 1 fully saturated rings. The van der Waals surface area contributed by atoms with E-state index in [1.165, 1.54) is 0 Å². The molecule has 1 aliphatic rings. The minimum atomic E-state index is 0.726. The summed E-state index contributed by atoms with van der Waals surface area (Å²) in [5, 5.41) is 13.0. The molecule has 3 aromatic heterocycles. The Balaban J connectivity index is 1.41. The number of rotatable bonds is 3. The molecule has 0 aliphatic carbocycles. The number of aryl methyl sites for hydroxylation is 2. The molecule has 0 unspecified atom stereocenters. The molecule has 8 nitrogen and oxygen atoms in total. The minimum Gasteiger partial charge on any atom is -0.352 e. The van der Waals surface area contributed by atoms with Crippen molar-refractivity contribution in [2.75, 3.05) is 36.0 Å². The van der Waals surface area contributed by atoms with Gasteiger partial charge in [0.15, 0.2) is 11.6 Å². The van der Waals surface area contributed by atoms with E-state index >= 15 is 0 Å². The van der Waals surface area contributed by atoms with Crippen LogP contribution in [0.1, 0.15) is 11.3 Å². The van der Waals surface area contributed by atoms with Crippen LogP contribution < -0.4 is 9.80 Å². The predicted molar refractivity (Wildman–Crippen MR) is 95.1 cm³/mol. The summed E-state index contributed by atoms with van der Waals surface area (Å²) >= 11 is 0. The highest BCUT2D eigenvalue weighted by atomic mass is 15.4. The van der Waals surface area contributed by atoms with E-state index in [4.69, 9.17) is 0 Å². The summed E-state index contributed by atoms with van der Waals surface area (Å²) in [4.78, 5) is 13.2. The van der Waals surface area contributed by atoms with E-state index in [-0.39, 0.29) is 0 Å². The first-order chi connectivity index (χ1) is 12.2. The fraction of sp³-hybridized carbons (Fsp3) is 0.353. The van der Waals surface area contributed by atoms with Crippen molar-refractivity contribution in [2.24, 2.45) is 0 Å². The number of piperazine rings is 1. The maximum atomic E-state index is 4.41. The Hall–Kier alpha value is -3.03. The first kappa shape index (κ1) is 15.5. The van der Waals surface area contributed by atoms with E-state index in [2.05, 4.69) is 35.1 Å². The smallest absolute Gasteiger partial charge is 0.225 e. The molecular formula is C17H20N8. The molecule has 8 heteroatoms. The fourth-order valence-corrected chi connectivity index (χ4v) is 2.84. The Morgan fingerprint density at radius 3 is 2.04 bits per heavy atom. The maximum absolute atomic E-state index is 4.41. The van der Waals surface area contributed by atoms with Crippen molar-refractivity contribution in [3.05, 3.63) is 48.0 Å². The third kappa shape index (κ3) is 3.28. The summed E-state index contributed by atoms with van der Waals surface area (Å²) in [6.45, 7) is 7.41. The Labute approximate surface area is 146 Å². The zero-order valence-electron chi connectivity index (χ0n) is 14.4. The molecule has 1 aliphatic heterocycles. The van der Waals surface area contributed by atoms with Crippen molar-refractivity contribution in [2.45, 2.75) is 13.8 Å². The molecule has 0 bridgehead atoms. The van der Waals surface area contributed by atoms with Gasteiger partial charge in [-0.1, -0.05) is 0 Å². The molecule has 0 saturated carbocycles. The molecule has 0 spiro atoms. The largest absolute Gasteiger partial charge is 0.352 e. The van der Waals surface area contributed by atoms with Gasteiger partial charge in [-0.15, -0.1) is 10.2 Å². The molecule has 4 heterocycles. The van der Waals surface area contributed by atoms with Crippen LogP contribution in [0.25, 0.3) is 5.82 Å². The molecule has 0 aromatic carbocycles. The molecule has 0 atom stereocenters. The normalized spacial score (nSPS) is 14.8. The monoisotopic (exact) mass is 336 g/mol. The fourth-order valence-electron chi connectivity index (χ4n) is 2.84. The Morgan fingerprint density at radius 1 is 0.800 bits per heavy atom. The Kier molecular flexibility index (Phi) is 4.01. The van der Waals surface area contributed by atoms with Crippen LogP contribution in [0.3, 0.4) is 0 Å². The van der Waals surface area contributed by atoms with Gasteiger partial charge in [0.2, 0.25) is 5.95 Å². The number of aromatic nitrogens is 6. The van der Waals surface area contributed by atoms with Gasteiger partial charge in [0, 0.05) is 44.8 Å². The van der Waals surface area contributed by atoms with E-state index in [1.54, 1.807) is 4.68 Å². The van der Waals surface area contributed by atoms with Crippen molar-refractivity contribution >= 4 is 11.8 Å². The summed E-state index contributed by atoms with van der Waals surface area (Å²) in [5.74, 6) is 2.40. The molecule has 25 heavy (non-hydrogen) atoms. The van der Waals surface area contributed by atoms with Crippen molar-refractivity contribution in [1.29, 1.82) is 0 Å².